The molecule has 2 aliphatic heterocycles. The molecule has 0 aromatic heterocycles. The Morgan fingerprint density at radius 1 is 1.50 bits per heavy atom. The first-order valence-corrected chi connectivity index (χ1v) is 5.72. The van der Waals surface area contributed by atoms with E-state index in [1.807, 2.05) is 18.2 Å². The molecule has 2 atom stereocenters. The molecule has 1 aromatic carbocycles. The molecule has 2 heterocycles. The minimum absolute atomic E-state index is 0.0817. The van der Waals surface area contributed by atoms with E-state index >= 15 is 0 Å². The number of anilines is 1. The average molecular weight is 214 g/mol. The number of nitrogens with zero attached hydrogens (tertiary/aromatic N) is 2. The lowest BCUT2D eigenvalue weighted by Crippen LogP contribution is -2.42. The minimum Gasteiger partial charge on any atom is -0.394 e. The predicted molar refractivity (Wildman–Crippen MR) is 61.2 cm³/mol. The summed E-state index contributed by atoms with van der Waals surface area (Å²) in [6.07, 6.45) is 2.12. The van der Waals surface area contributed by atoms with Gasteiger partial charge in [0.1, 0.15) is 5.41 Å². The first-order valence-electron chi connectivity index (χ1n) is 5.72. The number of aliphatic hydroxyl groups is 1. The Morgan fingerprint density at radius 3 is 3.06 bits per heavy atom. The summed E-state index contributed by atoms with van der Waals surface area (Å²) < 4.78 is 0. The number of para-hydroxylation sites is 1. The Balaban J connectivity index is 2.23. The van der Waals surface area contributed by atoms with E-state index in [0.29, 0.717) is 0 Å². The Kier molecular flexibility index (Phi) is 1.95. The van der Waals surface area contributed by atoms with Crippen molar-refractivity contribution in [3.05, 3.63) is 29.8 Å². The summed E-state index contributed by atoms with van der Waals surface area (Å²) in [6.45, 7) is 0.923. The molecule has 1 N–H and O–H groups in total. The highest BCUT2D eigenvalue weighted by atomic mass is 16.3. The zero-order valence-electron chi connectivity index (χ0n) is 9.06. The third-order valence-electron chi connectivity index (χ3n) is 3.96. The fourth-order valence-corrected chi connectivity index (χ4v) is 3.21. The van der Waals surface area contributed by atoms with Gasteiger partial charge in [0.2, 0.25) is 0 Å². The van der Waals surface area contributed by atoms with Gasteiger partial charge in [0.15, 0.2) is 0 Å². The van der Waals surface area contributed by atoms with Gasteiger partial charge < -0.3 is 10.0 Å². The van der Waals surface area contributed by atoms with E-state index in [4.69, 9.17) is 0 Å². The summed E-state index contributed by atoms with van der Waals surface area (Å²) in [6, 6.07) is 10.5. The Bertz CT molecular complexity index is 465. The molecule has 0 unspecified atom stereocenters. The quantitative estimate of drug-likeness (QED) is 0.769. The van der Waals surface area contributed by atoms with Gasteiger partial charge in [-0.2, -0.15) is 5.26 Å². The third-order valence-corrected chi connectivity index (χ3v) is 3.96. The van der Waals surface area contributed by atoms with Crippen LogP contribution in [0.3, 0.4) is 0 Å². The molecule has 1 fully saturated rings. The second kappa shape index (κ2) is 3.23. The fourth-order valence-electron chi connectivity index (χ4n) is 3.21. The normalized spacial score (nSPS) is 31.0. The van der Waals surface area contributed by atoms with Crippen molar-refractivity contribution in [2.24, 2.45) is 0 Å². The summed E-state index contributed by atoms with van der Waals surface area (Å²) in [5, 5.41) is 19.1. The van der Waals surface area contributed by atoms with Crippen LogP contribution >= 0.6 is 0 Å². The van der Waals surface area contributed by atoms with E-state index in [9.17, 15) is 10.4 Å². The van der Waals surface area contributed by atoms with Crippen molar-refractivity contribution in [1.82, 2.24) is 0 Å². The van der Waals surface area contributed by atoms with Crippen LogP contribution in [0.5, 0.6) is 0 Å². The van der Waals surface area contributed by atoms with Gasteiger partial charge in [-0.15, -0.1) is 0 Å². The van der Waals surface area contributed by atoms with Crippen LogP contribution in [0.4, 0.5) is 5.69 Å². The van der Waals surface area contributed by atoms with Crippen LogP contribution in [-0.2, 0) is 5.41 Å². The lowest BCUT2D eigenvalue weighted by molar-refractivity contribution is 0.215. The third kappa shape index (κ3) is 0.954. The number of nitriles is 1. The maximum absolute atomic E-state index is 9.66. The van der Waals surface area contributed by atoms with Gasteiger partial charge in [-0.25, -0.2) is 0 Å². The molecule has 0 amide bonds. The summed E-state index contributed by atoms with van der Waals surface area (Å²) in [4.78, 5) is 2.29. The second-order valence-corrected chi connectivity index (χ2v) is 4.61. The molecule has 3 rings (SSSR count). The number of benzene rings is 1. The largest absolute Gasteiger partial charge is 0.394 e. The highest BCUT2D eigenvalue weighted by molar-refractivity contribution is 5.67. The number of hydrogen-bond acceptors (Lipinski definition) is 3. The van der Waals surface area contributed by atoms with Crippen LogP contribution in [0, 0.1) is 11.3 Å². The van der Waals surface area contributed by atoms with Gasteiger partial charge in [0.05, 0.1) is 18.7 Å². The highest BCUT2D eigenvalue weighted by Gasteiger charge is 2.52. The standard InChI is InChI=1S/C13H14N2O/c14-8-13(9-16)10-4-1-2-5-11(10)15-7-3-6-12(13)15/h1-2,4-5,12,16H,3,6-7,9H2/t12-,13-/m1/s1. The lowest BCUT2D eigenvalue weighted by Gasteiger charge is -2.27. The van der Waals surface area contributed by atoms with Crippen molar-refractivity contribution in [2.75, 3.05) is 18.1 Å². The van der Waals surface area contributed by atoms with Gasteiger partial charge in [0, 0.05) is 17.8 Å². The summed E-state index contributed by atoms with van der Waals surface area (Å²) in [5.41, 5.74) is 1.44. The molecule has 1 aromatic rings. The average Bonchev–Trinajstić information content (AvgIpc) is 2.89. The van der Waals surface area contributed by atoms with E-state index in [1.165, 1.54) is 0 Å². The van der Waals surface area contributed by atoms with Crippen molar-refractivity contribution in [1.29, 1.82) is 5.26 Å². The van der Waals surface area contributed by atoms with Gasteiger partial charge in [-0.05, 0) is 18.9 Å². The minimum atomic E-state index is -0.701. The zero-order chi connectivity index (χ0) is 11.2. The molecule has 0 aliphatic carbocycles. The number of hydrogen-bond donors (Lipinski definition) is 1. The summed E-state index contributed by atoms with van der Waals surface area (Å²) in [7, 11) is 0. The Labute approximate surface area is 94.9 Å². The van der Waals surface area contributed by atoms with Crippen LogP contribution in [0.2, 0.25) is 0 Å². The van der Waals surface area contributed by atoms with Crippen molar-refractivity contribution >= 4 is 5.69 Å². The molecule has 16 heavy (non-hydrogen) atoms. The maximum atomic E-state index is 9.66. The van der Waals surface area contributed by atoms with Crippen molar-refractivity contribution in [2.45, 2.75) is 24.3 Å². The first kappa shape index (κ1) is 9.68. The van der Waals surface area contributed by atoms with E-state index in [2.05, 4.69) is 17.0 Å². The Morgan fingerprint density at radius 2 is 2.31 bits per heavy atom. The van der Waals surface area contributed by atoms with E-state index in [0.717, 1.165) is 30.6 Å². The molecule has 3 nitrogen and oxygen atoms in total. The molecule has 82 valence electrons. The van der Waals surface area contributed by atoms with Gasteiger partial charge in [0.25, 0.3) is 0 Å². The highest BCUT2D eigenvalue weighted by Crippen LogP contribution is 2.48. The number of rotatable bonds is 1. The molecule has 0 saturated carbocycles. The topological polar surface area (TPSA) is 47.3 Å². The maximum Gasteiger partial charge on any atom is 0.127 e. The molecule has 0 spiro atoms. The van der Waals surface area contributed by atoms with Crippen LogP contribution in [-0.4, -0.2) is 24.3 Å². The van der Waals surface area contributed by atoms with Crippen LogP contribution in [0.25, 0.3) is 0 Å². The molecular weight excluding hydrogens is 200 g/mol. The SMILES string of the molecule is N#C[C@@]1(CO)c2ccccc2N2CCC[C@@H]21. The second-order valence-electron chi connectivity index (χ2n) is 4.61. The number of aliphatic hydroxyl groups excluding tert-OH is 1. The fraction of sp³-hybridized carbons (Fsp3) is 0.462. The van der Waals surface area contributed by atoms with E-state index < -0.39 is 5.41 Å². The zero-order valence-corrected chi connectivity index (χ0v) is 9.06. The lowest BCUT2D eigenvalue weighted by atomic mass is 9.78. The summed E-state index contributed by atoms with van der Waals surface area (Å²) >= 11 is 0. The first-order chi connectivity index (χ1) is 7.83. The van der Waals surface area contributed by atoms with Gasteiger partial charge >= 0.3 is 0 Å². The van der Waals surface area contributed by atoms with Gasteiger partial charge in [-0.1, -0.05) is 18.2 Å². The van der Waals surface area contributed by atoms with Crippen LogP contribution < -0.4 is 4.90 Å². The molecule has 3 heteroatoms. The summed E-state index contributed by atoms with van der Waals surface area (Å²) in [5.74, 6) is 0. The van der Waals surface area contributed by atoms with Crippen LogP contribution in [0.1, 0.15) is 18.4 Å². The monoisotopic (exact) mass is 214 g/mol. The van der Waals surface area contributed by atoms with Crippen molar-refractivity contribution < 1.29 is 5.11 Å². The predicted octanol–water partition coefficient (Wildman–Crippen LogP) is 1.42. The molecular formula is C13H14N2O. The molecule has 1 saturated heterocycles. The van der Waals surface area contributed by atoms with E-state index in [1.54, 1.807) is 0 Å². The van der Waals surface area contributed by atoms with E-state index in [-0.39, 0.29) is 12.6 Å². The Hall–Kier alpha value is -1.53. The van der Waals surface area contributed by atoms with Crippen LogP contribution in [0.15, 0.2) is 24.3 Å². The van der Waals surface area contributed by atoms with Crippen molar-refractivity contribution in [3.8, 4) is 6.07 Å². The molecule has 2 aliphatic rings. The van der Waals surface area contributed by atoms with Crippen molar-refractivity contribution in [3.63, 3.8) is 0 Å². The molecule has 0 radical (unpaired) electrons. The molecule has 0 bridgehead atoms. The smallest absolute Gasteiger partial charge is 0.127 e. The number of fused-ring (bicyclic) bond motifs is 3. The van der Waals surface area contributed by atoms with Gasteiger partial charge in [-0.3, -0.25) is 0 Å².